The molecule has 0 saturated carbocycles. The second-order valence-electron chi connectivity index (χ2n) is 4.81. The van der Waals surface area contributed by atoms with E-state index in [-0.39, 0.29) is 18.3 Å². The van der Waals surface area contributed by atoms with Crippen molar-refractivity contribution in [2.45, 2.75) is 46.4 Å². The molecule has 0 saturated heterocycles. The Kier molecular flexibility index (Phi) is 5.47. The van der Waals surface area contributed by atoms with Crippen molar-refractivity contribution in [2.24, 2.45) is 5.73 Å². The fraction of sp³-hybridized carbons (Fsp3) is 0.571. The average Bonchev–Trinajstić information content (AvgIpc) is 2.65. The number of nitrogens with two attached hydrogens (primary N) is 1. The molecule has 0 aliphatic carbocycles. The molecule has 112 valence electrons. The highest BCUT2D eigenvalue weighted by molar-refractivity contribution is 6.01. The third kappa shape index (κ3) is 3.46. The molecule has 1 heterocycles. The molecule has 2 atom stereocenters. The van der Waals surface area contributed by atoms with Gasteiger partial charge in [-0.05, 0) is 33.8 Å². The summed E-state index contributed by atoms with van der Waals surface area (Å²) in [5, 5.41) is 9.41. The summed E-state index contributed by atoms with van der Waals surface area (Å²) in [5.74, 6) is -0.684. The fourth-order valence-corrected chi connectivity index (χ4v) is 2.03. The van der Waals surface area contributed by atoms with Crippen molar-refractivity contribution in [1.29, 1.82) is 0 Å². The van der Waals surface area contributed by atoms with Crippen LogP contribution in [0.3, 0.4) is 0 Å². The maximum atomic E-state index is 12.2. The highest BCUT2D eigenvalue weighted by atomic mass is 16.5. The standard InChI is InChI=1S/C14H22N2O4/c1-5-20-12(18)7-16-8(2)6-11(9(16)3)14(19)13(15)10(4)17/h6,10,13,17H,5,7,15H2,1-4H3/t10-,13+/m1/s1. The molecule has 3 N–H and O–H groups in total. The van der Waals surface area contributed by atoms with Gasteiger partial charge in [-0.3, -0.25) is 9.59 Å². The van der Waals surface area contributed by atoms with Crippen LogP contribution >= 0.6 is 0 Å². The summed E-state index contributed by atoms with van der Waals surface area (Å²) in [6.45, 7) is 7.13. The van der Waals surface area contributed by atoms with Gasteiger partial charge >= 0.3 is 5.97 Å². The Hall–Kier alpha value is -1.66. The number of aliphatic hydroxyl groups is 1. The lowest BCUT2D eigenvalue weighted by Gasteiger charge is -2.13. The van der Waals surface area contributed by atoms with Crippen molar-refractivity contribution in [3.8, 4) is 0 Å². The molecular formula is C14H22N2O4. The molecule has 6 heteroatoms. The number of rotatable bonds is 6. The van der Waals surface area contributed by atoms with Gasteiger partial charge in [0.05, 0.1) is 18.8 Å². The Morgan fingerprint density at radius 3 is 2.55 bits per heavy atom. The predicted octanol–water partition coefficient (Wildman–Crippen LogP) is 0.559. The zero-order valence-electron chi connectivity index (χ0n) is 12.3. The van der Waals surface area contributed by atoms with Gasteiger partial charge in [0.25, 0.3) is 0 Å². The van der Waals surface area contributed by atoms with E-state index in [1.165, 1.54) is 6.92 Å². The van der Waals surface area contributed by atoms with Crippen LogP contribution in [0.4, 0.5) is 0 Å². The van der Waals surface area contributed by atoms with Crippen molar-refractivity contribution in [1.82, 2.24) is 4.57 Å². The normalized spacial score (nSPS) is 13.9. The highest BCUT2D eigenvalue weighted by Crippen LogP contribution is 2.17. The molecule has 1 rings (SSSR count). The van der Waals surface area contributed by atoms with Crippen LogP contribution in [0.1, 0.15) is 35.6 Å². The van der Waals surface area contributed by atoms with Crippen LogP contribution in [0.5, 0.6) is 0 Å². The van der Waals surface area contributed by atoms with Gasteiger partial charge in [-0.1, -0.05) is 0 Å². The molecule has 1 aromatic heterocycles. The van der Waals surface area contributed by atoms with E-state index in [4.69, 9.17) is 10.5 Å². The Labute approximate surface area is 118 Å². The van der Waals surface area contributed by atoms with Gasteiger partial charge in [-0.15, -0.1) is 0 Å². The number of carbonyl (C=O) groups is 2. The number of aliphatic hydroxyl groups excluding tert-OH is 1. The minimum Gasteiger partial charge on any atom is -0.465 e. The summed E-state index contributed by atoms with van der Waals surface area (Å²) in [6, 6.07) is 0.714. The first kappa shape index (κ1) is 16.4. The maximum absolute atomic E-state index is 12.2. The predicted molar refractivity (Wildman–Crippen MR) is 74.5 cm³/mol. The number of nitrogens with zero attached hydrogens (tertiary/aromatic N) is 1. The Bertz CT molecular complexity index is 506. The summed E-state index contributed by atoms with van der Waals surface area (Å²) in [5.41, 5.74) is 7.52. The molecule has 6 nitrogen and oxygen atoms in total. The first-order chi connectivity index (χ1) is 9.29. The molecule has 0 aliphatic heterocycles. The molecule has 0 aromatic carbocycles. The number of esters is 1. The number of carbonyl (C=O) groups excluding carboxylic acids is 2. The van der Waals surface area contributed by atoms with E-state index in [0.29, 0.717) is 17.9 Å². The largest absolute Gasteiger partial charge is 0.465 e. The number of hydrogen-bond donors (Lipinski definition) is 2. The van der Waals surface area contributed by atoms with E-state index in [2.05, 4.69) is 0 Å². The molecule has 20 heavy (non-hydrogen) atoms. The van der Waals surface area contributed by atoms with Crippen molar-refractivity contribution >= 4 is 11.8 Å². The lowest BCUT2D eigenvalue weighted by Crippen LogP contribution is -2.40. The lowest BCUT2D eigenvalue weighted by atomic mass is 10.0. The smallest absolute Gasteiger partial charge is 0.325 e. The summed E-state index contributed by atoms with van der Waals surface area (Å²) >= 11 is 0. The van der Waals surface area contributed by atoms with E-state index in [9.17, 15) is 14.7 Å². The van der Waals surface area contributed by atoms with Gasteiger partial charge in [-0.2, -0.15) is 0 Å². The van der Waals surface area contributed by atoms with E-state index in [0.717, 1.165) is 5.69 Å². The zero-order valence-corrected chi connectivity index (χ0v) is 12.3. The number of Topliss-reactive ketones (excluding diaryl/α,β-unsaturated/α-hetero) is 1. The molecular weight excluding hydrogens is 260 g/mol. The summed E-state index contributed by atoms with van der Waals surface area (Å²) < 4.78 is 6.61. The van der Waals surface area contributed by atoms with Gasteiger partial charge in [0.1, 0.15) is 6.54 Å². The van der Waals surface area contributed by atoms with Gasteiger partial charge in [0.2, 0.25) is 0 Å². The lowest BCUT2D eigenvalue weighted by molar-refractivity contribution is -0.143. The molecule has 0 amide bonds. The first-order valence-corrected chi connectivity index (χ1v) is 6.59. The Balaban J connectivity index is 3.03. The van der Waals surface area contributed by atoms with Gasteiger partial charge < -0.3 is 20.1 Å². The minimum atomic E-state index is -0.966. The van der Waals surface area contributed by atoms with Crippen LogP contribution < -0.4 is 5.73 Å². The fourth-order valence-electron chi connectivity index (χ4n) is 2.03. The van der Waals surface area contributed by atoms with Gasteiger partial charge in [0.15, 0.2) is 5.78 Å². The van der Waals surface area contributed by atoms with Crippen molar-refractivity contribution in [2.75, 3.05) is 6.61 Å². The molecule has 0 radical (unpaired) electrons. The van der Waals surface area contributed by atoms with Crippen LogP contribution in [-0.4, -0.2) is 40.2 Å². The number of aryl methyl sites for hydroxylation is 1. The Morgan fingerprint density at radius 2 is 2.05 bits per heavy atom. The third-order valence-corrected chi connectivity index (χ3v) is 3.25. The second kappa shape index (κ2) is 6.67. The second-order valence-corrected chi connectivity index (χ2v) is 4.81. The van der Waals surface area contributed by atoms with Crippen LogP contribution in [-0.2, 0) is 16.1 Å². The number of aromatic nitrogens is 1. The van der Waals surface area contributed by atoms with E-state index >= 15 is 0 Å². The SMILES string of the molecule is CCOC(=O)Cn1c(C)cc(C(=O)[C@@H](N)[C@@H](C)O)c1C. The molecule has 0 spiro atoms. The van der Waals surface area contributed by atoms with Gasteiger partial charge in [-0.25, -0.2) is 0 Å². The van der Waals surface area contributed by atoms with E-state index in [1.54, 1.807) is 31.4 Å². The third-order valence-electron chi connectivity index (χ3n) is 3.25. The van der Waals surface area contributed by atoms with Crippen molar-refractivity contribution < 1.29 is 19.4 Å². The average molecular weight is 282 g/mol. The summed E-state index contributed by atoms with van der Waals surface area (Å²) in [7, 11) is 0. The van der Waals surface area contributed by atoms with Crippen LogP contribution in [0.25, 0.3) is 0 Å². The molecule has 0 unspecified atom stereocenters. The quantitative estimate of drug-likeness (QED) is 0.587. The minimum absolute atomic E-state index is 0.0582. The number of ether oxygens (including phenoxy) is 1. The molecule has 0 fully saturated rings. The van der Waals surface area contributed by atoms with E-state index < -0.39 is 12.1 Å². The first-order valence-electron chi connectivity index (χ1n) is 6.59. The summed E-state index contributed by atoms with van der Waals surface area (Å²) in [6.07, 6.45) is -0.921. The molecule has 0 bridgehead atoms. The summed E-state index contributed by atoms with van der Waals surface area (Å²) in [4.78, 5) is 23.7. The topological polar surface area (TPSA) is 94.5 Å². The Morgan fingerprint density at radius 1 is 1.45 bits per heavy atom. The van der Waals surface area contributed by atoms with Crippen LogP contribution in [0.15, 0.2) is 6.07 Å². The van der Waals surface area contributed by atoms with Crippen molar-refractivity contribution in [3.63, 3.8) is 0 Å². The number of hydrogen-bond acceptors (Lipinski definition) is 5. The molecule has 0 aliphatic rings. The van der Waals surface area contributed by atoms with Gasteiger partial charge in [0, 0.05) is 17.0 Å². The maximum Gasteiger partial charge on any atom is 0.325 e. The monoisotopic (exact) mass is 282 g/mol. The zero-order chi connectivity index (χ0) is 15.4. The highest BCUT2D eigenvalue weighted by Gasteiger charge is 2.25. The van der Waals surface area contributed by atoms with Crippen LogP contribution in [0, 0.1) is 13.8 Å². The molecule has 1 aromatic rings. The van der Waals surface area contributed by atoms with Crippen molar-refractivity contribution in [3.05, 3.63) is 23.0 Å². The number of ketones is 1. The van der Waals surface area contributed by atoms with E-state index in [1.807, 2.05) is 0 Å². The van der Waals surface area contributed by atoms with Crippen LogP contribution in [0.2, 0.25) is 0 Å².